The van der Waals surface area contributed by atoms with Crippen molar-refractivity contribution in [1.82, 2.24) is 9.78 Å². The third kappa shape index (κ3) is 2.30. The predicted octanol–water partition coefficient (Wildman–Crippen LogP) is 1.04. The minimum Gasteiger partial charge on any atom is -0.266 e. The van der Waals surface area contributed by atoms with Crippen molar-refractivity contribution >= 4 is 9.84 Å². The summed E-state index contributed by atoms with van der Waals surface area (Å²) >= 11 is 0. The maximum absolute atomic E-state index is 11.1. The molecule has 0 spiro atoms. The smallest absolute Gasteiger partial charge is 0.178 e. The van der Waals surface area contributed by atoms with Gasteiger partial charge in [-0.3, -0.25) is 4.68 Å². The molecule has 0 saturated carbocycles. The summed E-state index contributed by atoms with van der Waals surface area (Å²) in [5, 5.41) is 3.99. The van der Waals surface area contributed by atoms with Gasteiger partial charge in [-0.1, -0.05) is 0 Å². The Morgan fingerprint density at radius 1 is 1.38 bits per heavy atom. The SMILES string of the molecule is CC(C)(C)n1cc(S(C)(=O)=O)cn1. The van der Waals surface area contributed by atoms with Gasteiger partial charge in [-0.2, -0.15) is 5.10 Å². The normalized spacial score (nSPS) is 13.2. The molecule has 1 heterocycles. The molecule has 0 unspecified atom stereocenters. The van der Waals surface area contributed by atoms with E-state index in [1.807, 2.05) is 20.8 Å². The maximum atomic E-state index is 11.1. The third-order valence-corrected chi connectivity index (χ3v) is 2.74. The van der Waals surface area contributed by atoms with Crippen LogP contribution in [0.25, 0.3) is 0 Å². The van der Waals surface area contributed by atoms with Gasteiger partial charge in [-0.15, -0.1) is 0 Å². The Morgan fingerprint density at radius 2 is 1.92 bits per heavy atom. The molecule has 0 amide bonds. The second-order valence-corrected chi connectivity index (χ2v) is 6.08. The minimum atomic E-state index is -3.13. The highest BCUT2D eigenvalue weighted by molar-refractivity contribution is 7.90. The lowest BCUT2D eigenvalue weighted by atomic mass is 10.1. The molecule has 0 fully saturated rings. The van der Waals surface area contributed by atoms with E-state index >= 15 is 0 Å². The molecule has 0 saturated heterocycles. The zero-order valence-corrected chi connectivity index (χ0v) is 9.09. The van der Waals surface area contributed by atoms with Gasteiger partial charge < -0.3 is 0 Å². The molecule has 1 aromatic rings. The first-order valence-corrected chi connectivity index (χ1v) is 5.85. The van der Waals surface area contributed by atoms with E-state index in [4.69, 9.17) is 0 Å². The molecular formula is C8H14N2O2S. The van der Waals surface area contributed by atoms with Crippen molar-refractivity contribution in [3.63, 3.8) is 0 Å². The van der Waals surface area contributed by atoms with Gasteiger partial charge in [0.15, 0.2) is 9.84 Å². The van der Waals surface area contributed by atoms with Crippen LogP contribution in [0.2, 0.25) is 0 Å². The first kappa shape index (κ1) is 10.2. The molecule has 4 nitrogen and oxygen atoms in total. The second kappa shape index (κ2) is 2.83. The van der Waals surface area contributed by atoms with E-state index in [2.05, 4.69) is 5.10 Å². The van der Waals surface area contributed by atoms with Crippen LogP contribution < -0.4 is 0 Å². The fourth-order valence-electron chi connectivity index (χ4n) is 0.865. The zero-order chi connectivity index (χ0) is 10.3. The van der Waals surface area contributed by atoms with E-state index in [0.29, 0.717) is 0 Å². The van der Waals surface area contributed by atoms with Gasteiger partial charge in [0, 0.05) is 12.5 Å². The summed E-state index contributed by atoms with van der Waals surface area (Å²) in [5.41, 5.74) is -0.178. The molecular weight excluding hydrogens is 188 g/mol. The fourth-order valence-corrected chi connectivity index (χ4v) is 1.39. The van der Waals surface area contributed by atoms with Crippen LogP contribution in [0, 0.1) is 0 Å². The van der Waals surface area contributed by atoms with Crippen molar-refractivity contribution in [2.75, 3.05) is 6.26 Å². The molecule has 0 aliphatic rings. The van der Waals surface area contributed by atoms with Crippen LogP contribution in [0.5, 0.6) is 0 Å². The summed E-state index contributed by atoms with van der Waals surface area (Å²) in [7, 11) is -3.13. The Hall–Kier alpha value is -0.840. The van der Waals surface area contributed by atoms with Crippen LogP contribution in [-0.4, -0.2) is 24.5 Å². The second-order valence-electron chi connectivity index (χ2n) is 4.06. The predicted molar refractivity (Wildman–Crippen MR) is 50.3 cm³/mol. The van der Waals surface area contributed by atoms with Gasteiger partial charge in [0.25, 0.3) is 0 Å². The molecule has 0 aliphatic heterocycles. The maximum Gasteiger partial charge on any atom is 0.178 e. The highest BCUT2D eigenvalue weighted by Crippen LogP contribution is 2.15. The first-order chi connectivity index (χ1) is 5.71. The Kier molecular flexibility index (Phi) is 2.23. The van der Waals surface area contributed by atoms with E-state index < -0.39 is 9.84 Å². The van der Waals surface area contributed by atoms with E-state index in [0.717, 1.165) is 0 Å². The Balaban J connectivity index is 3.16. The van der Waals surface area contributed by atoms with Crippen molar-refractivity contribution in [2.24, 2.45) is 0 Å². The number of rotatable bonds is 1. The standard InChI is InChI=1S/C8H14N2O2S/c1-8(2,3)10-6-7(5-9-10)13(4,11)12/h5-6H,1-4H3. The van der Waals surface area contributed by atoms with Crippen LogP contribution >= 0.6 is 0 Å². The van der Waals surface area contributed by atoms with Crippen molar-refractivity contribution in [1.29, 1.82) is 0 Å². The summed E-state index contributed by atoms with van der Waals surface area (Å²) in [6.07, 6.45) is 4.10. The number of sulfone groups is 1. The molecule has 0 bridgehead atoms. The van der Waals surface area contributed by atoms with Gasteiger partial charge in [-0.05, 0) is 20.8 Å². The minimum absolute atomic E-state index is 0.178. The first-order valence-electron chi connectivity index (χ1n) is 3.96. The number of nitrogens with zero attached hydrogens (tertiary/aromatic N) is 2. The quantitative estimate of drug-likeness (QED) is 0.683. The molecule has 74 valence electrons. The molecule has 0 aromatic carbocycles. The average molecular weight is 202 g/mol. The molecule has 0 N–H and O–H groups in total. The fraction of sp³-hybridized carbons (Fsp3) is 0.625. The van der Waals surface area contributed by atoms with Crippen LogP contribution in [0.15, 0.2) is 17.3 Å². The molecule has 1 rings (SSSR count). The number of aromatic nitrogens is 2. The Bertz CT molecular complexity index is 398. The van der Waals surface area contributed by atoms with Gasteiger partial charge in [0.1, 0.15) is 4.90 Å². The molecule has 5 heteroatoms. The largest absolute Gasteiger partial charge is 0.266 e. The summed E-state index contributed by atoms with van der Waals surface area (Å²) in [5.74, 6) is 0. The Morgan fingerprint density at radius 3 is 2.15 bits per heavy atom. The lowest BCUT2D eigenvalue weighted by Crippen LogP contribution is -2.22. The van der Waals surface area contributed by atoms with Crippen LogP contribution in [0.4, 0.5) is 0 Å². The lowest BCUT2D eigenvalue weighted by molar-refractivity contribution is 0.355. The van der Waals surface area contributed by atoms with E-state index in [1.54, 1.807) is 10.9 Å². The van der Waals surface area contributed by atoms with Gasteiger partial charge in [0.2, 0.25) is 0 Å². The van der Waals surface area contributed by atoms with E-state index in [1.165, 1.54) is 12.5 Å². The van der Waals surface area contributed by atoms with Crippen molar-refractivity contribution in [3.05, 3.63) is 12.4 Å². The van der Waals surface area contributed by atoms with Gasteiger partial charge >= 0.3 is 0 Å². The molecule has 1 aromatic heterocycles. The van der Waals surface area contributed by atoms with Crippen molar-refractivity contribution < 1.29 is 8.42 Å². The summed E-state index contributed by atoms with van der Waals surface area (Å²) in [6.45, 7) is 5.89. The highest BCUT2D eigenvalue weighted by atomic mass is 32.2. The number of hydrogen-bond acceptors (Lipinski definition) is 3. The molecule has 0 atom stereocenters. The highest BCUT2D eigenvalue weighted by Gasteiger charge is 2.17. The summed E-state index contributed by atoms with van der Waals surface area (Å²) in [6, 6.07) is 0. The average Bonchev–Trinajstić information content (AvgIpc) is 2.28. The van der Waals surface area contributed by atoms with Crippen LogP contribution in [0.3, 0.4) is 0 Å². The topological polar surface area (TPSA) is 52.0 Å². The summed E-state index contributed by atoms with van der Waals surface area (Å²) in [4.78, 5) is 0.266. The zero-order valence-electron chi connectivity index (χ0n) is 8.27. The molecule has 0 aliphatic carbocycles. The molecule has 13 heavy (non-hydrogen) atoms. The van der Waals surface area contributed by atoms with Crippen LogP contribution in [0.1, 0.15) is 20.8 Å². The monoisotopic (exact) mass is 202 g/mol. The Labute approximate surface area is 78.5 Å². The van der Waals surface area contributed by atoms with Crippen LogP contribution in [-0.2, 0) is 15.4 Å². The van der Waals surface area contributed by atoms with Crippen molar-refractivity contribution in [3.8, 4) is 0 Å². The number of hydrogen-bond donors (Lipinski definition) is 0. The van der Waals surface area contributed by atoms with E-state index in [9.17, 15) is 8.42 Å². The van der Waals surface area contributed by atoms with Gasteiger partial charge in [-0.25, -0.2) is 8.42 Å². The molecule has 0 radical (unpaired) electrons. The van der Waals surface area contributed by atoms with Gasteiger partial charge in [0.05, 0.1) is 11.7 Å². The van der Waals surface area contributed by atoms with E-state index in [-0.39, 0.29) is 10.4 Å². The van der Waals surface area contributed by atoms with Crippen molar-refractivity contribution in [2.45, 2.75) is 31.2 Å². The summed E-state index contributed by atoms with van der Waals surface area (Å²) < 4.78 is 23.9. The lowest BCUT2D eigenvalue weighted by Gasteiger charge is -2.18. The third-order valence-electron chi connectivity index (χ3n) is 1.67.